The van der Waals surface area contributed by atoms with Crippen molar-refractivity contribution in [3.05, 3.63) is 42.5 Å². The number of hydrogen-bond acceptors (Lipinski definition) is 5. The van der Waals surface area contributed by atoms with Gasteiger partial charge in [0.1, 0.15) is 5.25 Å². The summed E-state index contributed by atoms with van der Waals surface area (Å²) in [5.41, 5.74) is 1.17. The van der Waals surface area contributed by atoms with Gasteiger partial charge in [0, 0.05) is 12.1 Å². The Morgan fingerprint density at radius 3 is 2.57 bits per heavy atom. The Labute approximate surface area is 137 Å². The number of amidine groups is 1. The van der Waals surface area contributed by atoms with Gasteiger partial charge in [-0.1, -0.05) is 17.8 Å². The van der Waals surface area contributed by atoms with E-state index in [1.165, 1.54) is 11.8 Å². The van der Waals surface area contributed by atoms with Crippen LogP contribution in [0.15, 0.2) is 41.9 Å². The monoisotopic (exact) mass is 332 g/mol. The third kappa shape index (κ3) is 4.07. The molecule has 6 nitrogen and oxygen atoms in total. The van der Waals surface area contributed by atoms with Crippen molar-refractivity contribution < 1.29 is 19.5 Å². The second kappa shape index (κ2) is 7.23. The Kier molecular flexibility index (Phi) is 5.33. The van der Waals surface area contributed by atoms with E-state index in [0.717, 1.165) is 11.8 Å². The van der Waals surface area contributed by atoms with Crippen LogP contribution in [0.3, 0.4) is 0 Å². The molecule has 1 aliphatic rings. The summed E-state index contributed by atoms with van der Waals surface area (Å²) in [5, 5.41) is 8.65. The van der Waals surface area contributed by atoms with E-state index in [-0.39, 0.29) is 24.7 Å². The summed E-state index contributed by atoms with van der Waals surface area (Å²) in [6.45, 7) is 5.36. The number of hydrogen-bond donors (Lipinski definition) is 1. The molecule has 0 spiro atoms. The van der Waals surface area contributed by atoms with Crippen LogP contribution in [0.5, 0.6) is 0 Å². The summed E-state index contributed by atoms with van der Waals surface area (Å²) in [7, 11) is 0. The Morgan fingerprint density at radius 1 is 1.39 bits per heavy atom. The molecule has 7 heteroatoms. The lowest BCUT2D eigenvalue weighted by atomic mass is 10.1. The van der Waals surface area contributed by atoms with Gasteiger partial charge in [-0.15, -0.1) is 6.58 Å². The molecule has 1 fully saturated rings. The first-order valence-electron chi connectivity index (χ1n) is 6.92. The lowest BCUT2D eigenvalue weighted by Crippen LogP contribution is -2.32. The second-order valence-corrected chi connectivity index (χ2v) is 6.11. The first kappa shape index (κ1) is 17.0. The quantitative estimate of drug-likeness (QED) is 0.639. The van der Waals surface area contributed by atoms with Crippen molar-refractivity contribution in [3.8, 4) is 0 Å². The summed E-state index contributed by atoms with van der Waals surface area (Å²) >= 11 is 1.13. The second-order valence-electron chi connectivity index (χ2n) is 4.94. The Balaban J connectivity index is 2.27. The van der Waals surface area contributed by atoms with Crippen molar-refractivity contribution in [1.82, 2.24) is 4.90 Å². The number of carbonyl (C=O) groups is 3. The van der Waals surface area contributed by atoms with Crippen molar-refractivity contribution in [3.63, 3.8) is 0 Å². The molecule has 23 heavy (non-hydrogen) atoms. The molecular formula is C16H16N2O4S. The fourth-order valence-electron chi connectivity index (χ4n) is 2.06. The van der Waals surface area contributed by atoms with E-state index >= 15 is 0 Å². The Bertz CT molecular complexity index is 682. The molecule has 0 unspecified atom stereocenters. The summed E-state index contributed by atoms with van der Waals surface area (Å²) in [4.78, 5) is 40.2. The largest absolute Gasteiger partial charge is 0.481 e. The maximum absolute atomic E-state index is 12.2. The van der Waals surface area contributed by atoms with Gasteiger partial charge in [-0.25, -0.2) is 4.99 Å². The van der Waals surface area contributed by atoms with E-state index < -0.39 is 11.2 Å². The molecule has 0 bridgehead atoms. The van der Waals surface area contributed by atoms with Crippen LogP contribution in [0, 0.1) is 0 Å². The average Bonchev–Trinajstić information content (AvgIpc) is 2.76. The standard InChI is InChI=1S/C16H16N2O4S/c1-3-8-18-15(22)13(9-14(20)21)23-16(18)17-12-6-4-11(5-7-12)10(2)19/h3-7,13H,1,8-9H2,2H3,(H,20,21)/t13-/m0/s1. The van der Waals surface area contributed by atoms with Gasteiger partial charge >= 0.3 is 5.97 Å². The minimum absolute atomic E-state index is 0.0376. The molecule has 2 rings (SSSR count). The lowest BCUT2D eigenvalue weighted by molar-refractivity contribution is -0.139. The van der Waals surface area contributed by atoms with E-state index in [1.54, 1.807) is 30.3 Å². The van der Waals surface area contributed by atoms with Crippen LogP contribution in [0.2, 0.25) is 0 Å². The van der Waals surface area contributed by atoms with Crippen molar-refractivity contribution in [2.24, 2.45) is 4.99 Å². The number of rotatable bonds is 6. The minimum atomic E-state index is -1.03. The Morgan fingerprint density at radius 2 is 2.04 bits per heavy atom. The molecule has 0 aliphatic carbocycles. The number of aliphatic imine (C=N–C) groups is 1. The first-order chi connectivity index (χ1) is 10.9. The normalized spacial score (nSPS) is 19.2. The molecule has 0 saturated carbocycles. The van der Waals surface area contributed by atoms with Gasteiger partial charge in [0.15, 0.2) is 11.0 Å². The molecule has 1 aliphatic heterocycles. The first-order valence-corrected chi connectivity index (χ1v) is 7.80. The lowest BCUT2D eigenvalue weighted by Gasteiger charge is -2.13. The molecule has 0 radical (unpaired) electrons. The van der Waals surface area contributed by atoms with Crippen LogP contribution in [-0.4, -0.2) is 44.6 Å². The van der Waals surface area contributed by atoms with Crippen LogP contribution >= 0.6 is 11.8 Å². The summed E-state index contributed by atoms with van der Waals surface area (Å²) in [6.07, 6.45) is 1.31. The topological polar surface area (TPSA) is 87.0 Å². The van der Waals surface area contributed by atoms with Crippen molar-refractivity contribution in [2.75, 3.05) is 6.54 Å². The van der Waals surface area contributed by atoms with Crippen molar-refractivity contribution in [1.29, 1.82) is 0 Å². The number of thioether (sulfide) groups is 1. The number of carbonyl (C=O) groups excluding carboxylic acids is 2. The molecule has 1 heterocycles. The highest BCUT2D eigenvalue weighted by Gasteiger charge is 2.38. The molecule has 1 amide bonds. The van der Waals surface area contributed by atoms with Gasteiger partial charge in [-0.2, -0.15) is 0 Å². The number of Topliss-reactive ketones (excluding diaryl/α,β-unsaturated/α-hetero) is 1. The van der Waals surface area contributed by atoms with Gasteiger partial charge in [-0.3, -0.25) is 19.3 Å². The minimum Gasteiger partial charge on any atom is -0.481 e. The molecular weight excluding hydrogens is 316 g/mol. The fraction of sp³-hybridized carbons (Fsp3) is 0.250. The molecule has 1 aromatic rings. The maximum atomic E-state index is 12.2. The molecule has 1 N–H and O–H groups in total. The number of aliphatic carboxylic acids is 1. The van der Waals surface area contributed by atoms with E-state index in [0.29, 0.717) is 16.4 Å². The van der Waals surface area contributed by atoms with Crippen LogP contribution < -0.4 is 0 Å². The zero-order valence-corrected chi connectivity index (χ0v) is 13.4. The summed E-state index contributed by atoms with van der Waals surface area (Å²) in [5.74, 6) is -1.35. The highest BCUT2D eigenvalue weighted by atomic mass is 32.2. The molecule has 1 atom stereocenters. The van der Waals surface area contributed by atoms with Gasteiger partial charge in [0.05, 0.1) is 12.1 Å². The number of carboxylic acids is 1. The Hall–Kier alpha value is -2.41. The predicted octanol–water partition coefficient (Wildman–Crippen LogP) is 2.48. The number of nitrogens with zero attached hydrogens (tertiary/aromatic N) is 2. The number of ketones is 1. The van der Waals surface area contributed by atoms with E-state index in [9.17, 15) is 14.4 Å². The van der Waals surface area contributed by atoms with Gasteiger partial charge in [0.25, 0.3) is 0 Å². The fourth-order valence-corrected chi connectivity index (χ4v) is 3.22. The number of carboxylic acid groups (broad SMARTS) is 1. The van der Waals surface area contributed by atoms with E-state index in [4.69, 9.17) is 5.11 Å². The highest BCUT2D eigenvalue weighted by Crippen LogP contribution is 2.31. The summed E-state index contributed by atoms with van der Waals surface area (Å²) in [6, 6.07) is 6.70. The number of benzene rings is 1. The number of amides is 1. The zero-order chi connectivity index (χ0) is 17.0. The van der Waals surface area contributed by atoms with Crippen LogP contribution in [0.1, 0.15) is 23.7 Å². The van der Waals surface area contributed by atoms with E-state index in [1.807, 2.05) is 0 Å². The third-order valence-electron chi connectivity index (χ3n) is 3.19. The third-order valence-corrected chi connectivity index (χ3v) is 4.37. The molecule has 1 saturated heterocycles. The van der Waals surface area contributed by atoms with Crippen molar-refractivity contribution >= 4 is 40.3 Å². The van der Waals surface area contributed by atoms with Crippen LogP contribution in [0.4, 0.5) is 5.69 Å². The van der Waals surface area contributed by atoms with Crippen LogP contribution in [-0.2, 0) is 9.59 Å². The van der Waals surface area contributed by atoms with Crippen LogP contribution in [0.25, 0.3) is 0 Å². The van der Waals surface area contributed by atoms with Gasteiger partial charge in [-0.05, 0) is 31.2 Å². The smallest absolute Gasteiger partial charge is 0.305 e. The molecule has 0 aromatic heterocycles. The summed E-state index contributed by atoms with van der Waals surface area (Å²) < 4.78 is 0. The molecule has 1 aromatic carbocycles. The average molecular weight is 332 g/mol. The van der Waals surface area contributed by atoms with E-state index in [2.05, 4.69) is 11.6 Å². The van der Waals surface area contributed by atoms with Gasteiger partial charge in [0.2, 0.25) is 5.91 Å². The maximum Gasteiger partial charge on any atom is 0.305 e. The van der Waals surface area contributed by atoms with Crippen molar-refractivity contribution in [2.45, 2.75) is 18.6 Å². The zero-order valence-electron chi connectivity index (χ0n) is 12.6. The SMILES string of the molecule is C=CCN1C(=O)[C@H](CC(=O)O)SC1=Nc1ccc(C(C)=O)cc1. The highest BCUT2D eigenvalue weighted by molar-refractivity contribution is 8.15. The van der Waals surface area contributed by atoms with Gasteiger partial charge < -0.3 is 5.11 Å². The predicted molar refractivity (Wildman–Crippen MR) is 89.1 cm³/mol. The molecule has 120 valence electrons.